The molecule has 1 aromatic heterocycles. The summed E-state index contributed by atoms with van der Waals surface area (Å²) in [5, 5.41) is 5.22. The van der Waals surface area contributed by atoms with E-state index in [0.29, 0.717) is 19.8 Å². The molecule has 0 unspecified atom stereocenters. The van der Waals surface area contributed by atoms with E-state index in [1.54, 1.807) is 11.3 Å². The Labute approximate surface area is 135 Å². The SMILES string of the molecule is Cc1ccsc1CNC(=O)C1(c2ccccc2)CCOCC1. The summed E-state index contributed by atoms with van der Waals surface area (Å²) in [5.74, 6) is 0.120. The van der Waals surface area contributed by atoms with Crippen LogP contribution in [0.4, 0.5) is 0 Å². The first-order valence-corrected chi connectivity index (χ1v) is 8.55. The fourth-order valence-corrected chi connectivity index (χ4v) is 3.88. The smallest absolute Gasteiger partial charge is 0.231 e. The van der Waals surface area contributed by atoms with Gasteiger partial charge >= 0.3 is 0 Å². The molecule has 0 saturated carbocycles. The molecule has 1 amide bonds. The van der Waals surface area contributed by atoms with E-state index in [9.17, 15) is 4.79 Å². The normalized spacial score (nSPS) is 17.1. The van der Waals surface area contributed by atoms with Gasteiger partial charge < -0.3 is 10.1 Å². The number of thiophene rings is 1. The van der Waals surface area contributed by atoms with Crippen molar-refractivity contribution in [2.24, 2.45) is 0 Å². The van der Waals surface area contributed by atoms with Crippen molar-refractivity contribution in [2.45, 2.75) is 31.7 Å². The first-order chi connectivity index (χ1) is 10.7. The van der Waals surface area contributed by atoms with Crippen molar-refractivity contribution in [3.05, 3.63) is 57.8 Å². The van der Waals surface area contributed by atoms with Crippen LogP contribution in [-0.4, -0.2) is 19.1 Å². The average molecular weight is 315 g/mol. The topological polar surface area (TPSA) is 38.3 Å². The molecular weight excluding hydrogens is 294 g/mol. The lowest BCUT2D eigenvalue weighted by Crippen LogP contribution is -2.47. The second-order valence-electron chi connectivity index (χ2n) is 5.77. The maximum atomic E-state index is 13.0. The number of amides is 1. The number of aryl methyl sites for hydroxylation is 1. The Morgan fingerprint density at radius 2 is 1.95 bits per heavy atom. The first kappa shape index (κ1) is 15.3. The largest absolute Gasteiger partial charge is 0.381 e. The molecule has 4 heteroatoms. The molecule has 1 saturated heterocycles. The van der Waals surface area contributed by atoms with Gasteiger partial charge in [-0.1, -0.05) is 30.3 Å². The summed E-state index contributed by atoms with van der Waals surface area (Å²) in [6.45, 7) is 3.97. The summed E-state index contributed by atoms with van der Waals surface area (Å²) in [6, 6.07) is 12.2. The number of carbonyl (C=O) groups excluding carboxylic acids is 1. The minimum Gasteiger partial charge on any atom is -0.381 e. The van der Waals surface area contributed by atoms with Gasteiger partial charge in [-0.3, -0.25) is 4.79 Å². The Morgan fingerprint density at radius 1 is 1.23 bits per heavy atom. The zero-order valence-corrected chi connectivity index (χ0v) is 13.6. The summed E-state index contributed by atoms with van der Waals surface area (Å²) in [6.07, 6.45) is 1.48. The second-order valence-corrected chi connectivity index (χ2v) is 6.77. The molecule has 1 fully saturated rings. The van der Waals surface area contributed by atoms with Crippen LogP contribution >= 0.6 is 11.3 Å². The van der Waals surface area contributed by atoms with E-state index >= 15 is 0 Å². The first-order valence-electron chi connectivity index (χ1n) is 7.67. The maximum Gasteiger partial charge on any atom is 0.231 e. The van der Waals surface area contributed by atoms with Crippen LogP contribution in [0.3, 0.4) is 0 Å². The molecule has 2 heterocycles. The highest BCUT2D eigenvalue weighted by molar-refractivity contribution is 7.10. The van der Waals surface area contributed by atoms with Gasteiger partial charge in [0, 0.05) is 18.1 Å². The van der Waals surface area contributed by atoms with E-state index in [0.717, 1.165) is 18.4 Å². The van der Waals surface area contributed by atoms with Crippen molar-refractivity contribution in [1.82, 2.24) is 5.32 Å². The van der Waals surface area contributed by atoms with E-state index in [2.05, 4.69) is 35.8 Å². The lowest BCUT2D eigenvalue weighted by Gasteiger charge is -2.36. The van der Waals surface area contributed by atoms with E-state index in [1.165, 1.54) is 10.4 Å². The third-order valence-electron chi connectivity index (χ3n) is 4.49. The Morgan fingerprint density at radius 3 is 2.59 bits per heavy atom. The molecule has 0 atom stereocenters. The van der Waals surface area contributed by atoms with Crippen LogP contribution in [0, 0.1) is 6.92 Å². The quantitative estimate of drug-likeness (QED) is 0.939. The Balaban J connectivity index is 1.80. The highest BCUT2D eigenvalue weighted by atomic mass is 32.1. The number of carbonyl (C=O) groups is 1. The van der Waals surface area contributed by atoms with E-state index in [1.807, 2.05) is 18.2 Å². The van der Waals surface area contributed by atoms with Gasteiger partial charge in [0.15, 0.2) is 0 Å². The number of nitrogens with one attached hydrogen (secondary N) is 1. The fraction of sp³-hybridized carbons (Fsp3) is 0.389. The molecular formula is C18H21NO2S. The number of rotatable bonds is 4. The van der Waals surface area contributed by atoms with Gasteiger partial charge in [0.05, 0.1) is 12.0 Å². The van der Waals surface area contributed by atoms with Crippen molar-refractivity contribution in [3.8, 4) is 0 Å². The highest BCUT2D eigenvalue weighted by Gasteiger charge is 2.41. The Hall–Kier alpha value is -1.65. The maximum absolute atomic E-state index is 13.0. The molecule has 1 aliphatic heterocycles. The van der Waals surface area contributed by atoms with Gasteiger partial charge in [0.1, 0.15) is 0 Å². The molecule has 1 aliphatic rings. The summed E-state index contributed by atoms with van der Waals surface area (Å²) in [4.78, 5) is 14.2. The summed E-state index contributed by atoms with van der Waals surface area (Å²) in [7, 11) is 0. The van der Waals surface area contributed by atoms with Crippen LogP contribution in [0.1, 0.15) is 28.8 Å². The molecule has 0 radical (unpaired) electrons. The second kappa shape index (κ2) is 6.63. The minimum absolute atomic E-state index is 0.120. The lowest BCUT2D eigenvalue weighted by atomic mass is 9.73. The monoisotopic (exact) mass is 315 g/mol. The van der Waals surface area contributed by atoms with Crippen LogP contribution in [-0.2, 0) is 21.5 Å². The van der Waals surface area contributed by atoms with Gasteiger partial charge in [-0.25, -0.2) is 0 Å². The standard InChI is InChI=1S/C18H21NO2S/c1-14-7-12-22-16(14)13-19-17(20)18(8-10-21-11-9-18)15-5-3-2-4-6-15/h2-7,12H,8-11,13H2,1H3,(H,19,20). The van der Waals surface area contributed by atoms with Crippen molar-refractivity contribution in [2.75, 3.05) is 13.2 Å². The zero-order valence-electron chi connectivity index (χ0n) is 12.8. The predicted molar refractivity (Wildman–Crippen MR) is 89.1 cm³/mol. The van der Waals surface area contributed by atoms with E-state index < -0.39 is 5.41 Å². The van der Waals surface area contributed by atoms with E-state index in [-0.39, 0.29) is 5.91 Å². The molecule has 1 aromatic carbocycles. The Bertz CT molecular complexity index is 630. The number of hydrogen-bond acceptors (Lipinski definition) is 3. The molecule has 3 rings (SSSR count). The van der Waals surface area contributed by atoms with Crippen molar-refractivity contribution >= 4 is 17.2 Å². The van der Waals surface area contributed by atoms with Crippen molar-refractivity contribution < 1.29 is 9.53 Å². The van der Waals surface area contributed by atoms with Crippen molar-refractivity contribution in [3.63, 3.8) is 0 Å². The van der Waals surface area contributed by atoms with Crippen LogP contribution in [0.2, 0.25) is 0 Å². The van der Waals surface area contributed by atoms with Gasteiger partial charge in [0.25, 0.3) is 0 Å². The van der Waals surface area contributed by atoms with Crippen LogP contribution in [0.15, 0.2) is 41.8 Å². The molecule has 116 valence electrons. The van der Waals surface area contributed by atoms with E-state index in [4.69, 9.17) is 4.74 Å². The molecule has 2 aromatic rings. The molecule has 0 spiro atoms. The van der Waals surface area contributed by atoms with Gasteiger partial charge in [-0.15, -0.1) is 11.3 Å². The van der Waals surface area contributed by atoms with Gasteiger partial charge in [-0.05, 0) is 42.3 Å². The van der Waals surface area contributed by atoms with Crippen molar-refractivity contribution in [1.29, 1.82) is 0 Å². The van der Waals surface area contributed by atoms with Crippen LogP contribution < -0.4 is 5.32 Å². The molecule has 0 aliphatic carbocycles. The molecule has 0 bridgehead atoms. The number of benzene rings is 1. The summed E-state index contributed by atoms with van der Waals surface area (Å²) in [5.41, 5.74) is 1.88. The van der Waals surface area contributed by atoms with Crippen LogP contribution in [0.25, 0.3) is 0 Å². The Kier molecular flexibility index (Phi) is 4.60. The van der Waals surface area contributed by atoms with Gasteiger partial charge in [-0.2, -0.15) is 0 Å². The van der Waals surface area contributed by atoms with Crippen LogP contribution in [0.5, 0.6) is 0 Å². The summed E-state index contributed by atoms with van der Waals surface area (Å²) >= 11 is 1.69. The third kappa shape index (κ3) is 2.94. The van der Waals surface area contributed by atoms with Gasteiger partial charge in [0.2, 0.25) is 5.91 Å². The molecule has 3 nitrogen and oxygen atoms in total. The fourth-order valence-electron chi connectivity index (χ4n) is 3.04. The number of hydrogen-bond donors (Lipinski definition) is 1. The zero-order chi connectivity index (χ0) is 15.4. The highest BCUT2D eigenvalue weighted by Crippen LogP contribution is 2.35. The number of ether oxygens (including phenoxy) is 1. The third-order valence-corrected chi connectivity index (χ3v) is 5.51. The lowest BCUT2D eigenvalue weighted by molar-refractivity contribution is -0.130. The minimum atomic E-state index is -0.454. The molecule has 22 heavy (non-hydrogen) atoms. The average Bonchev–Trinajstić information content (AvgIpc) is 2.99. The predicted octanol–water partition coefficient (Wildman–Crippen LogP) is 3.42. The summed E-state index contributed by atoms with van der Waals surface area (Å²) < 4.78 is 5.49. The molecule has 1 N–H and O–H groups in total.